The zero-order chi connectivity index (χ0) is 9.56. The molecule has 0 saturated carbocycles. The largest absolute Gasteiger partial charge is 0.506 e. The molecule has 2 heteroatoms. The summed E-state index contributed by atoms with van der Waals surface area (Å²) in [6.45, 7) is 8.07. The lowest BCUT2D eigenvalue weighted by Gasteiger charge is -2.05. The number of aromatic nitrogens is 1. The van der Waals surface area contributed by atoms with E-state index in [0.29, 0.717) is 5.92 Å². The van der Waals surface area contributed by atoms with Crippen molar-refractivity contribution < 1.29 is 5.11 Å². The van der Waals surface area contributed by atoms with E-state index in [-0.39, 0.29) is 5.75 Å². The first-order chi connectivity index (χ1) is 5.72. The fourth-order valence-corrected chi connectivity index (χ4v) is 0.885. The Kier molecular flexibility index (Phi) is 5.09. The molecule has 0 unspecified atom stereocenters. The molecule has 1 rings (SSSR count). The van der Waals surface area contributed by atoms with Gasteiger partial charge in [-0.1, -0.05) is 27.7 Å². The van der Waals surface area contributed by atoms with Crippen LogP contribution in [0.5, 0.6) is 5.75 Å². The lowest BCUT2D eigenvalue weighted by molar-refractivity contribution is 0.462. The second-order valence-electron chi connectivity index (χ2n) is 2.59. The minimum Gasteiger partial charge on any atom is -0.506 e. The van der Waals surface area contributed by atoms with E-state index in [2.05, 4.69) is 4.98 Å². The molecule has 12 heavy (non-hydrogen) atoms. The van der Waals surface area contributed by atoms with E-state index in [1.54, 1.807) is 6.20 Å². The maximum Gasteiger partial charge on any atom is 0.137 e. The smallest absolute Gasteiger partial charge is 0.137 e. The predicted octanol–water partition coefficient (Wildman–Crippen LogP) is 2.94. The Bertz CT molecular complexity index is 221. The van der Waals surface area contributed by atoms with E-state index in [4.69, 9.17) is 0 Å². The number of aromatic hydroxyl groups is 1. The quantitative estimate of drug-likeness (QED) is 0.697. The van der Waals surface area contributed by atoms with Crippen LogP contribution in [-0.4, -0.2) is 10.1 Å². The molecular formula is C10H17NO. The molecule has 1 aromatic rings. The van der Waals surface area contributed by atoms with Gasteiger partial charge in [0, 0.05) is 6.20 Å². The highest BCUT2D eigenvalue weighted by Crippen LogP contribution is 2.22. The Morgan fingerprint density at radius 2 is 1.92 bits per heavy atom. The van der Waals surface area contributed by atoms with Gasteiger partial charge in [0.25, 0.3) is 0 Å². The summed E-state index contributed by atoms with van der Waals surface area (Å²) < 4.78 is 0. The van der Waals surface area contributed by atoms with Gasteiger partial charge in [-0.3, -0.25) is 4.98 Å². The molecule has 0 saturated heterocycles. The van der Waals surface area contributed by atoms with Gasteiger partial charge in [0.2, 0.25) is 0 Å². The summed E-state index contributed by atoms with van der Waals surface area (Å²) >= 11 is 0. The van der Waals surface area contributed by atoms with Gasteiger partial charge in [0.05, 0.1) is 6.20 Å². The Balaban J connectivity index is 0.000000561. The molecule has 0 aliphatic rings. The Hall–Kier alpha value is -1.05. The average Bonchev–Trinajstić information content (AvgIpc) is 2.08. The van der Waals surface area contributed by atoms with Crippen molar-refractivity contribution in [2.45, 2.75) is 33.6 Å². The fraction of sp³-hybridized carbons (Fsp3) is 0.500. The van der Waals surface area contributed by atoms with Crippen molar-refractivity contribution in [1.29, 1.82) is 0 Å². The van der Waals surface area contributed by atoms with Gasteiger partial charge >= 0.3 is 0 Å². The summed E-state index contributed by atoms with van der Waals surface area (Å²) in [7, 11) is 0. The summed E-state index contributed by atoms with van der Waals surface area (Å²) in [6.07, 6.45) is 3.16. The topological polar surface area (TPSA) is 33.1 Å². The van der Waals surface area contributed by atoms with Crippen molar-refractivity contribution in [3.63, 3.8) is 0 Å². The van der Waals surface area contributed by atoms with Crippen LogP contribution in [0.25, 0.3) is 0 Å². The van der Waals surface area contributed by atoms with Crippen LogP contribution in [0.3, 0.4) is 0 Å². The molecule has 1 N–H and O–H groups in total. The molecule has 0 aromatic carbocycles. The number of nitrogens with zero attached hydrogens (tertiary/aromatic N) is 1. The van der Waals surface area contributed by atoms with Crippen molar-refractivity contribution in [3.05, 3.63) is 24.0 Å². The Morgan fingerprint density at radius 3 is 2.25 bits per heavy atom. The maximum atomic E-state index is 9.22. The van der Waals surface area contributed by atoms with Crippen LogP contribution in [0.4, 0.5) is 0 Å². The molecule has 0 spiro atoms. The zero-order valence-corrected chi connectivity index (χ0v) is 8.20. The van der Waals surface area contributed by atoms with Gasteiger partial charge < -0.3 is 5.11 Å². The third-order valence-corrected chi connectivity index (χ3v) is 1.45. The molecule has 1 heterocycles. The molecular weight excluding hydrogens is 150 g/mol. The predicted molar refractivity (Wildman–Crippen MR) is 51.3 cm³/mol. The summed E-state index contributed by atoms with van der Waals surface area (Å²) in [5.41, 5.74) is 0.954. The summed E-state index contributed by atoms with van der Waals surface area (Å²) in [5, 5.41) is 9.22. The zero-order valence-electron chi connectivity index (χ0n) is 8.20. The third kappa shape index (κ3) is 2.91. The van der Waals surface area contributed by atoms with Crippen LogP contribution in [0.2, 0.25) is 0 Å². The fourth-order valence-electron chi connectivity index (χ4n) is 0.885. The van der Waals surface area contributed by atoms with Gasteiger partial charge in [-0.15, -0.1) is 0 Å². The van der Waals surface area contributed by atoms with Crippen LogP contribution >= 0.6 is 0 Å². The van der Waals surface area contributed by atoms with Crippen LogP contribution in [-0.2, 0) is 0 Å². The minimum absolute atomic E-state index is 0.289. The van der Waals surface area contributed by atoms with Crippen molar-refractivity contribution >= 4 is 0 Å². The molecule has 0 bridgehead atoms. The first kappa shape index (κ1) is 11.0. The van der Waals surface area contributed by atoms with Crippen LogP contribution in [0.15, 0.2) is 18.5 Å². The van der Waals surface area contributed by atoms with Crippen LogP contribution in [0.1, 0.15) is 39.2 Å². The summed E-state index contributed by atoms with van der Waals surface area (Å²) in [4.78, 5) is 3.78. The number of pyridine rings is 1. The second kappa shape index (κ2) is 5.58. The molecule has 0 fully saturated rings. The maximum absolute atomic E-state index is 9.22. The van der Waals surface area contributed by atoms with Crippen LogP contribution < -0.4 is 0 Å². The number of hydrogen-bond acceptors (Lipinski definition) is 2. The van der Waals surface area contributed by atoms with Gasteiger partial charge in [-0.05, 0) is 17.5 Å². The minimum atomic E-state index is 0.289. The molecule has 0 radical (unpaired) electrons. The molecule has 2 nitrogen and oxygen atoms in total. The van der Waals surface area contributed by atoms with Crippen molar-refractivity contribution in [2.75, 3.05) is 0 Å². The molecule has 0 aliphatic carbocycles. The van der Waals surface area contributed by atoms with E-state index < -0.39 is 0 Å². The van der Waals surface area contributed by atoms with Gasteiger partial charge in [-0.25, -0.2) is 0 Å². The van der Waals surface area contributed by atoms with E-state index in [9.17, 15) is 5.11 Å². The third-order valence-electron chi connectivity index (χ3n) is 1.45. The Morgan fingerprint density at radius 1 is 1.33 bits per heavy atom. The number of rotatable bonds is 1. The van der Waals surface area contributed by atoms with Gasteiger partial charge in [0.1, 0.15) is 5.75 Å². The first-order valence-electron chi connectivity index (χ1n) is 4.34. The first-order valence-corrected chi connectivity index (χ1v) is 4.34. The van der Waals surface area contributed by atoms with Gasteiger partial charge in [-0.2, -0.15) is 0 Å². The molecule has 0 aliphatic heterocycles. The molecule has 0 amide bonds. The summed E-state index contributed by atoms with van der Waals surface area (Å²) in [6, 6.07) is 1.83. The van der Waals surface area contributed by atoms with Gasteiger partial charge in [0.15, 0.2) is 0 Å². The monoisotopic (exact) mass is 167 g/mol. The van der Waals surface area contributed by atoms with Crippen molar-refractivity contribution in [1.82, 2.24) is 4.98 Å². The van der Waals surface area contributed by atoms with Crippen molar-refractivity contribution in [3.8, 4) is 5.75 Å². The van der Waals surface area contributed by atoms with E-state index in [1.165, 1.54) is 6.20 Å². The lowest BCUT2D eigenvalue weighted by atomic mass is 10.0. The summed E-state index contributed by atoms with van der Waals surface area (Å²) in [5.74, 6) is 0.653. The normalized spacial score (nSPS) is 9.08. The average molecular weight is 167 g/mol. The SMILES string of the molecule is CC.CC(C)c1ccncc1O. The highest BCUT2D eigenvalue weighted by atomic mass is 16.3. The molecule has 0 atom stereocenters. The van der Waals surface area contributed by atoms with E-state index in [0.717, 1.165) is 5.56 Å². The van der Waals surface area contributed by atoms with Crippen LogP contribution in [0, 0.1) is 0 Å². The second-order valence-corrected chi connectivity index (χ2v) is 2.59. The highest BCUT2D eigenvalue weighted by Gasteiger charge is 2.02. The Labute approximate surface area is 74.3 Å². The highest BCUT2D eigenvalue weighted by molar-refractivity contribution is 5.30. The molecule has 1 aromatic heterocycles. The lowest BCUT2D eigenvalue weighted by Crippen LogP contribution is -1.87. The number of hydrogen-bond donors (Lipinski definition) is 1. The van der Waals surface area contributed by atoms with E-state index in [1.807, 2.05) is 33.8 Å². The van der Waals surface area contributed by atoms with E-state index >= 15 is 0 Å². The standard InChI is InChI=1S/C8H11NO.C2H6/c1-6(2)7-3-4-9-5-8(7)10;1-2/h3-6,10H,1-2H3;1-2H3. The van der Waals surface area contributed by atoms with Crippen molar-refractivity contribution in [2.24, 2.45) is 0 Å². The molecule has 68 valence electrons.